The van der Waals surface area contributed by atoms with Gasteiger partial charge in [0.25, 0.3) is 0 Å². The van der Waals surface area contributed by atoms with Gasteiger partial charge in [0.05, 0.1) is 17.6 Å². The largest absolute Gasteiger partial charge is 0.494 e. The number of nitrogens with zero attached hydrogens (tertiary/aromatic N) is 2. The quantitative estimate of drug-likeness (QED) is 0.220. The number of benzene rings is 4. The van der Waals surface area contributed by atoms with Gasteiger partial charge < -0.3 is 9.30 Å². The Bertz CT molecular complexity index is 1340. The van der Waals surface area contributed by atoms with Gasteiger partial charge >= 0.3 is 0 Å². The molecule has 0 saturated heterocycles. The Labute approximate surface area is 201 Å². The maximum Gasteiger partial charge on any atom is 0.119 e. The van der Waals surface area contributed by atoms with Crippen LogP contribution in [0.1, 0.15) is 29.8 Å². The second kappa shape index (κ2) is 10.4. The molecular formula is C31H30N2O. The molecule has 5 rings (SSSR count). The molecule has 0 fully saturated rings. The number of ether oxygens (including phenoxy) is 1. The third kappa shape index (κ3) is 5.20. The number of aromatic nitrogens is 2. The van der Waals surface area contributed by atoms with E-state index in [0.717, 1.165) is 49.5 Å². The Morgan fingerprint density at radius 3 is 2.21 bits per heavy atom. The monoisotopic (exact) mass is 446 g/mol. The van der Waals surface area contributed by atoms with E-state index in [0.29, 0.717) is 0 Å². The molecule has 1 heterocycles. The smallest absolute Gasteiger partial charge is 0.119 e. The van der Waals surface area contributed by atoms with Crippen molar-refractivity contribution < 1.29 is 4.74 Å². The number of rotatable bonds is 9. The first-order valence-electron chi connectivity index (χ1n) is 12.0. The highest BCUT2D eigenvalue weighted by Crippen LogP contribution is 2.23. The van der Waals surface area contributed by atoms with E-state index in [-0.39, 0.29) is 0 Å². The topological polar surface area (TPSA) is 27.1 Å². The van der Waals surface area contributed by atoms with Crippen molar-refractivity contribution in [3.63, 3.8) is 0 Å². The number of hydrogen-bond donors (Lipinski definition) is 0. The van der Waals surface area contributed by atoms with Crippen LogP contribution in [0.4, 0.5) is 0 Å². The van der Waals surface area contributed by atoms with E-state index in [4.69, 9.17) is 9.72 Å². The summed E-state index contributed by atoms with van der Waals surface area (Å²) in [7, 11) is 0. The lowest BCUT2D eigenvalue weighted by Gasteiger charge is -2.11. The molecule has 0 radical (unpaired) electrons. The molecule has 170 valence electrons. The Morgan fingerprint density at radius 1 is 0.706 bits per heavy atom. The molecule has 0 spiro atoms. The highest BCUT2D eigenvalue weighted by atomic mass is 16.5. The van der Waals surface area contributed by atoms with Crippen LogP contribution in [0.25, 0.3) is 22.2 Å². The van der Waals surface area contributed by atoms with Crippen LogP contribution in [0.2, 0.25) is 0 Å². The molecule has 1 aromatic heterocycles. The minimum Gasteiger partial charge on any atom is -0.494 e. The molecule has 0 amide bonds. The van der Waals surface area contributed by atoms with Gasteiger partial charge in [-0.25, -0.2) is 4.98 Å². The molecule has 0 saturated carbocycles. The average molecular weight is 447 g/mol. The number of imidazole rings is 1. The fourth-order valence-corrected chi connectivity index (χ4v) is 4.33. The van der Waals surface area contributed by atoms with Crippen LogP contribution in [0, 0.1) is 6.92 Å². The van der Waals surface area contributed by atoms with Gasteiger partial charge in [-0.2, -0.15) is 0 Å². The van der Waals surface area contributed by atoms with Gasteiger partial charge in [-0.1, -0.05) is 84.4 Å². The van der Waals surface area contributed by atoms with Gasteiger partial charge in [0.15, 0.2) is 0 Å². The lowest BCUT2D eigenvalue weighted by atomic mass is 10.0. The fourth-order valence-electron chi connectivity index (χ4n) is 4.33. The minimum absolute atomic E-state index is 0.728. The van der Waals surface area contributed by atoms with E-state index >= 15 is 0 Å². The van der Waals surface area contributed by atoms with Gasteiger partial charge in [-0.15, -0.1) is 0 Å². The molecule has 3 heteroatoms. The highest BCUT2D eigenvalue weighted by molar-refractivity contribution is 5.76. The molecule has 5 aromatic rings. The Morgan fingerprint density at radius 2 is 1.41 bits per heavy atom. The summed E-state index contributed by atoms with van der Waals surface area (Å²) in [4.78, 5) is 4.97. The molecule has 34 heavy (non-hydrogen) atoms. The molecule has 3 nitrogen and oxygen atoms in total. The van der Waals surface area contributed by atoms with E-state index in [9.17, 15) is 0 Å². The van der Waals surface area contributed by atoms with Crippen LogP contribution in [-0.2, 0) is 13.0 Å². The molecule has 4 aromatic carbocycles. The summed E-state index contributed by atoms with van der Waals surface area (Å²) >= 11 is 0. The van der Waals surface area contributed by atoms with Crippen LogP contribution in [-0.4, -0.2) is 16.2 Å². The molecule has 0 unspecified atom stereocenters. The Balaban J connectivity index is 1.26. The van der Waals surface area contributed by atoms with Crippen LogP contribution in [0.5, 0.6) is 5.75 Å². The molecule has 0 aliphatic rings. The standard InChI is InChI=1S/C31H30N2O/c1-24-13-19-28(20-14-24)34-22-8-7-21-33-30-12-6-5-11-29(30)32-31(33)23-25-15-17-27(18-16-25)26-9-3-2-4-10-26/h2-6,9-20H,7-8,21-23H2,1H3. The van der Waals surface area contributed by atoms with Crippen LogP contribution in [0.15, 0.2) is 103 Å². The zero-order valence-electron chi connectivity index (χ0n) is 19.7. The number of para-hydroxylation sites is 2. The number of unbranched alkanes of at least 4 members (excludes halogenated alkanes) is 1. The van der Waals surface area contributed by atoms with E-state index < -0.39 is 0 Å². The van der Waals surface area contributed by atoms with E-state index in [2.05, 4.69) is 102 Å². The van der Waals surface area contributed by atoms with Crippen LogP contribution in [0.3, 0.4) is 0 Å². The van der Waals surface area contributed by atoms with Crippen molar-refractivity contribution in [3.05, 3.63) is 120 Å². The molecule has 0 aliphatic heterocycles. The third-order valence-corrected chi connectivity index (χ3v) is 6.22. The predicted octanol–water partition coefficient (Wildman–Crippen LogP) is 7.46. The van der Waals surface area contributed by atoms with Crippen molar-refractivity contribution in [1.82, 2.24) is 9.55 Å². The lowest BCUT2D eigenvalue weighted by Crippen LogP contribution is -2.07. The van der Waals surface area contributed by atoms with E-state index in [1.54, 1.807) is 0 Å². The average Bonchev–Trinajstić information content (AvgIpc) is 3.23. The first-order valence-corrected chi connectivity index (χ1v) is 12.0. The molecule has 0 aliphatic carbocycles. The SMILES string of the molecule is Cc1ccc(OCCCCn2c(Cc3ccc(-c4ccccc4)cc3)nc3ccccc32)cc1. The summed E-state index contributed by atoms with van der Waals surface area (Å²) in [6, 6.07) is 36.1. The van der Waals surface area contributed by atoms with Gasteiger partial charge in [0.2, 0.25) is 0 Å². The molecular weight excluding hydrogens is 416 g/mol. The van der Waals surface area contributed by atoms with Crippen LogP contribution >= 0.6 is 0 Å². The first kappa shape index (κ1) is 22.0. The van der Waals surface area contributed by atoms with Crippen molar-refractivity contribution in [3.8, 4) is 16.9 Å². The predicted molar refractivity (Wildman–Crippen MR) is 140 cm³/mol. The van der Waals surface area contributed by atoms with Gasteiger partial charge in [-0.05, 0) is 60.7 Å². The third-order valence-electron chi connectivity index (χ3n) is 6.22. The molecule has 0 bridgehead atoms. The molecule has 0 atom stereocenters. The van der Waals surface area contributed by atoms with E-state index in [1.165, 1.54) is 27.8 Å². The lowest BCUT2D eigenvalue weighted by molar-refractivity contribution is 0.303. The summed E-state index contributed by atoms with van der Waals surface area (Å²) in [5.41, 5.74) is 7.29. The summed E-state index contributed by atoms with van der Waals surface area (Å²) in [6.45, 7) is 3.76. The highest BCUT2D eigenvalue weighted by Gasteiger charge is 2.11. The zero-order chi connectivity index (χ0) is 23.2. The number of hydrogen-bond acceptors (Lipinski definition) is 2. The van der Waals surface area contributed by atoms with E-state index in [1.807, 2.05) is 12.1 Å². The second-order valence-electron chi connectivity index (χ2n) is 8.78. The van der Waals surface area contributed by atoms with Gasteiger partial charge in [0.1, 0.15) is 11.6 Å². The van der Waals surface area contributed by atoms with Gasteiger partial charge in [0, 0.05) is 13.0 Å². The minimum atomic E-state index is 0.728. The fraction of sp³-hybridized carbons (Fsp3) is 0.194. The van der Waals surface area contributed by atoms with Gasteiger partial charge in [-0.3, -0.25) is 0 Å². The Kier molecular flexibility index (Phi) is 6.71. The van der Waals surface area contributed by atoms with Crippen LogP contribution < -0.4 is 4.74 Å². The second-order valence-corrected chi connectivity index (χ2v) is 8.78. The van der Waals surface area contributed by atoms with Crippen molar-refractivity contribution >= 4 is 11.0 Å². The Hall–Kier alpha value is -3.85. The zero-order valence-corrected chi connectivity index (χ0v) is 19.7. The molecule has 0 N–H and O–H groups in total. The van der Waals surface area contributed by atoms with Crippen molar-refractivity contribution in [1.29, 1.82) is 0 Å². The summed E-state index contributed by atoms with van der Waals surface area (Å²) in [5.74, 6) is 2.06. The van der Waals surface area contributed by atoms with Crippen molar-refractivity contribution in [2.24, 2.45) is 0 Å². The summed E-state index contributed by atoms with van der Waals surface area (Å²) in [5, 5.41) is 0. The normalized spacial score (nSPS) is 11.1. The summed E-state index contributed by atoms with van der Waals surface area (Å²) < 4.78 is 8.30. The summed E-state index contributed by atoms with van der Waals surface area (Å²) in [6.07, 6.45) is 2.88. The maximum absolute atomic E-state index is 5.92. The van der Waals surface area contributed by atoms with Crippen molar-refractivity contribution in [2.75, 3.05) is 6.61 Å². The maximum atomic E-state index is 5.92. The van der Waals surface area contributed by atoms with Crippen molar-refractivity contribution in [2.45, 2.75) is 32.7 Å². The number of fused-ring (bicyclic) bond motifs is 1. The first-order chi connectivity index (χ1) is 16.8. The number of aryl methyl sites for hydroxylation is 2.